The molecule has 0 unspecified atom stereocenters. The van der Waals surface area contributed by atoms with Gasteiger partial charge in [-0.3, -0.25) is 28.8 Å². The number of aliphatic hydroxyl groups excluding tert-OH is 3. The summed E-state index contributed by atoms with van der Waals surface area (Å²) in [5.41, 5.74) is 1.02. The van der Waals surface area contributed by atoms with Crippen molar-refractivity contribution < 1.29 is 82.8 Å². The predicted molar refractivity (Wildman–Crippen MR) is 286 cm³/mol. The van der Waals surface area contributed by atoms with E-state index < -0.39 is 120 Å². The van der Waals surface area contributed by atoms with Gasteiger partial charge >= 0.3 is 18.0 Å². The summed E-state index contributed by atoms with van der Waals surface area (Å²) in [5, 5.41) is 66.3. The molecule has 6 amide bonds. The molecule has 0 saturated carbocycles. The molecule has 3 aliphatic heterocycles. The number of aliphatic carboxylic acids is 1. The topological polar surface area (TPSA) is 373 Å². The predicted octanol–water partition coefficient (Wildman–Crippen LogP) is 0.555. The minimum Gasteiger partial charge on any atom is -0.479 e. The van der Waals surface area contributed by atoms with E-state index in [9.17, 15) is 68.7 Å². The number of nitrogens with one attached hydrogen (secondary N) is 5. The molecule has 4 aromatic rings. The molecule has 0 radical (unpaired) electrons. The number of hydrogen-bond donors (Lipinski definition) is 10. The molecule has 26 nitrogen and oxygen atoms in total. The molecule has 1 fully saturated rings. The SMILES string of the molecule is CC[C@@]1(O)C(=O)OCc2c1cc1n(c2=O)Cc2c-1nc1ccccc1c2CCN(C(=O)OCc1ccc(NC(=O)[C@H](C)NC(=O)[C@@H](NC(=O)[C@H](C)NC(=O)CCC(=O)NC)C(C)C)c(O[C@@H]2O[C@H](C(=O)O)[C@@H](O)[C@H](O)[C@H]2O)c1)C(C)C. The Morgan fingerprint density at radius 3 is 2.21 bits per heavy atom. The van der Waals surface area contributed by atoms with Crippen LogP contribution in [-0.2, 0) is 79.6 Å². The number of esters is 1. The van der Waals surface area contributed by atoms with Gasteiger partial charge in [-0.1, -0.05) is 45.0 Å². The number of pyridine rings is 2. The number of nitrogens with zero attached hydrogens (tertiary/aromatic N) is 3. The summed E-state index contributed by atoms with van der Waals surface area (Å²) in [6.07, 6.45) is -11.0. The van der Waals surface area contributed by atoms with Crippen LogP contribution < -0.4 is 36.9 Å². The fourth-order valence-corrected chi connectivity index (χ4v) is 9.70. The molecule has 81 heavy (non-hydrogen) atoms. The van der Waals surface area contributed by atoms with Gasteiger partial charge in [0.2, 0.25) is 35.8 Å². The lowest BCUT2D eigenvalue weighted by atomic mass is 9.86. The van der Waals surface area contributed by atoms with E-state index in [-0.39, 0.29) is 79.4 Å². The number of carbonyl (C=O) groups is 8. The molecule has 0 spiro atoms. The van der Waals surface area contributed by atoms with Crippen molar-refractivity contribution in [2.24, 2.45) is 5.92 Å². The molecule has 436 valence electrons. The van der Waals surface area contributed by atoms with Crippen LogP contribution in [0.5, 0.6) is 5.75 Å². The molecule has 2 aromatic carbocycles. The number of carboxylic acid groups (broad SMARTS) is 1. The monoisotopic (exact) mass is 1130 g/mol. The molecule has 0 aliphatic carbocycles. The molecule has 7 rings (SSSR count). The number of para-hydroxylation sites is 1. The number of amides is 6. The van der Waals surface area contributed by atoms with E-state index in [0.29, 0.717) is 22.5 Å². The lowest BCUT2D eigenvalue weighted by Gasteiger charge is -2.38. The molecule has 2 aromatic heterocycles. The Balaban J connectivity index is 1.08. The molecule has 10 N–H and O–H groups in total. The lowest BCUT2D eigenvalue weighted by molar-refractivity contribution is -0.271. The van der Waals surface area contributed by atoms with Crippen molar-refractivity contribution in [3.05, 3.63) is 86.7 Å². The van der Waals surface area contributed by atoms with Crippen LogP contribution in [0.4, 0.5) is 10.5 Å². The Morgan fingerprint density at radius 2 is 1.54 bits per heavy atom. The molecule has 3 aliphatic rings. The highest BCUT2D eigenvalue weighted by molar-refractivity contribution is 5.99. The summed E-state index contributed by atoms with van der Waals surface area (Å²) in [7, 11) is 1.42. The molecule has 26 heteroatoms. The van der Waals surface area contributed by atoms with Gasteiger partial charge in [0.1, 0.15) is 55.4 Å². The Bertz CT molecular complexity index is 3180. The first-order valence-electron chi connectivity index (χ1n) is 26.4. The molecule has 9 atom stereocenters. The Hall–Kier alpha value is -8.04. The van der Waals surface area contributed by atoms with Crippen LogP contribution >= 0.6 is 0 Å². The van der Waals surface area contributed by atoms with Gasteiger partial charge in [0.15, 0.2) is 11.7 Å². The first kappa shape index (κ1) is 60.6. The summed E-state index contributed by atoms with van der Waals surface area (Å²) in [4.78, 5) is 124. The highest BCUT2D eigenvalue weighted by Gasteiger charge is 2.49. The number of carbonyl (C=O) groups excluding carboxylic acids is 7. The number of anilines is 1. The van der Waals surface area contributed by atoms with E-state index in [0.717, 1.165) is 10.9 Å². The Morgan fingerprint density at radius 1 is 0.852 bits per heavy atom. The second kappa shape index (κ2) is 25.2. The van der Waals surface area contributed by atoms with Gasteiger partial charge < -0.3 is 80.5 Å². The number of carboxylic acids is 1. The fourth-order valence-electron chi connectivity index (χ4n) is 9.70. The number of rotatable bonds is 21. The van der Waals surface area contributed by atoms with Crippen molar-refractivity contribution in [2.75, 3.05) is 18.9 Å². The summed E-state index contributed by atoms with van der Waals surface area (Å²) in [6, 6.07) is 9.03. The maximum atomic E-state index is 14.1. The van der Waals surface area contributed by atoms with Crippen LogP contribution in [0.3, 0.4) is 0 Å². The summed E-state index contributed by atoms with van der Waals surface area (Å²) >= 11 is 0. The van der Waals surface area contributed by atoms with Crippen molar-refractivity contribution in [3.63, 3.8) is 0 Å². The minimum absolute atomic E-state index is 0.0276. The number of aliphatic hydroxyl groups is 4. The van der Waals surface area contributed by atoms with Crippen LogP contribution in [0.25, 0.3) is 22.3 Å². The van der Waals surface area contributed by atoms with Gasteiger partial charge in [-0.25, -0.2) is 19.4 Å². The standard InChI is InChI=1S/C55H68N8O18/c1-9-55(77)34-21-37-42-32(22-63(37)50(72)33(34)24-78-53(55)75)30(31-12-10-11-13-35(31)59-42)18-19-62(26(4)5)54(76)79-23-29-14-15-36(38(20-29)80-52-45(68)43(66)44(67)46(81-52)51(73)74)60-47(69)28(7)58-49(71)41(25(2)3)61-48(70)27(6)57-40(65)17-16-39(64)56-8/h10-15,20-21,25-28,41,43-46,52,66-68,77H,9,16-19,22-24H2,1-8H3,(H,56,64)(H,57,65)(H,58,71)(H,60,69)(H,61,70)(H,73,74)/t27-,28-,41-,43-,44-,45+,46-,52+,55-/m0/s1. The maximum Gasteiger partial charge on any atom is 0.410 e. The van der Waals surface area contributed by atoms with Gasteiger partial charge in [-0.15, -0.1) is 0 Å². The van der Waals surface area contributed by atoms with E-state index in [1.807, 2.05) is 24.3 Å². The van der Waals surface area contributed by atoms with Crippen molar-refractivity contribution in [1.29, 1.82) is 0 Å². The second-order valence-corrected chi connectivity index (χ2v) is 20.7. The Labute approximate surface area is 464 Å². The summed E-state index contributed by atoms with van der Waals surface area (Å²) < 4.78 is 23.9. The average molecular weight is 1130 g/mol. The Kier molecular flexibility index (Phi) is 18.8. The molecule has 0 bridgehead atoms. The number of benzene rings is 2. The van der Waals surface area contributed by atoms with Crippen molar-refractivity contribution in [3.8, 4) is 17.1 Å². The largest absolute Gasteiger partial charge is 0.479 e. The second-order valence-electron chi connectivity index (χ2n) is 20.7. The van der Waals surface area contributed by atoms with Crippen LogP contribution in [0.1, 0.15) is 95.5 Å². The molecule has 5 heterocycles. The zero-order valence-electron chi connectivity index (χ0n) is 45.9. The van der Waals surface area contributed by atoms with Gasteiger partial charge in [0.25, 0.3) is 5.56 Å². The highest BCUT2D eigenvalue weighted by Crippen LogP contribution is 2.41. The van der Waals surface area contributed by atoms with E-state index >= 15 is 0 Å². The fraction of sp³-hybridized carbons (Fsp3) is 0.491. The van der Waals surface area contributed by atoms with E-state index in [1.54, 1.807) is 40.7 Å². The van der Waals surface area contributed by atoms with Gasteiger partial charge in [-0.2, -0.15) is 0 Å². The third-order valence-corrected chi connectivity index (χ3v) is 14.5. The zero-order chi connectivity index (χ0) is 59.4. The van der Waals surface area contributed by atoms with Crippen molar-refractivity contribution in [2.45, 2.75) is 154 Å². The molecular weight excluding hydrogens is 1060 g/mol. The van der Waals surface area contributed by atoms with Crippen molar-refractivity contribution in [1.82, 2.24) is 35.7 Å². The zero-order valence-corrected chi connectivity index (χ0v) is 45.9. The summed E-state index contributed by atoms with van der Waals surface area (Å²) in [6.45, 7) is 10.7. The van der Waals surface area contributed by atoms with E-state index in [2.05, 4.69) is 26.6 Å². The van der Waals surface area contributed by atoms with Gasteiger partial charge in [0, 0.05) is 49.0 Å². The van der Waals surface area contributed by atoms with Crippen LogP contribution in [-0.4, -0.2) is 156 Å². The van der Waals surface area contributed by atoms with Crippen LogP contribution in [0.2, 0.25) is 0 Å². The number of cyclic esters (lactones) is 1. The van der Waals surface area contributed by atoms with Crippen molar-refractivity contribution >= 4 is 64.2 Å². The highest BCUT2D eigenvalue weighted by atomic mass is 16.7. The third-order valence-electron chi connectivity index (χ3n) is 14.5. The third kappa shape index (κ3) is 12.9. The normalized spacial score (nSPS) is 21.1. The van der Waals surface area contributed by atoms with Crippen LogP contribution in [0, 0.1) is 5.92 Å². The van der Waals surface area contributed by atoms with Gasteiger partial charge in [-0.05, 0) is 81.8 Å². The number of hydrogen-bond acceptors (Lipinski definition) is 18. The van der Waals surface area contributed by atoms with Gasteiger partial charge in [0.05, 0.1) is 34.7 Å². The first-order chi connectivity index (χ1) is 38.3. The average Bonchev–Trinajstić information content (AvgIpc) is 3.81. The number of fused-ring (bicyclic) bond motifs is 5. The maximum absolute atomic E-state index is 14.1. The van der Waals surface area contributed by atoms with Crippen LogP contribution in [0.15, 0.2) is 53.3 Å². The number of ether oxygens (including phenoxy) is 4. The van der Waals surface area contributed by atoms with E-state index in [1.165, 1.54) is 48.6 Å². The van der Waals surface area contributed by atoms with E-state index in [4.69, 9.17) is 23.9 Å². The smallest absolute Gasteiger partial charge is 0.410 e. The lowest BCUT2D eigenvalue weighted by Crippen LogP contribution is -2.61. The minimum atomic E-state index is -2.06. The number of aromatic nitrogens is 2. The quantitative estimate of drug-likeness (QED) is 0.0449. The summed E-state index contributed by atoms with van der Waals surface area (Å²) in [5.74, 6) is -6.62. The first-order valence-corrected chi connectivity index (χ1v) is 26.4. The molecule has 1 saturated heterocycles. The molecular formula is C55H68N8O18.